The van der Waals surface area contributed by atoms with Crippen LogP contribution in [0.5, 0.6) is 5.75 Å². The molecule has 1 amide bonds. The number of piperidine rings is 2. The molecule has 0 bridgehead atoms. The van der Waals surface area contributed by atoms with Crippen molar-refractivity contribution >= 4 is 27.7 Å². The molecule has 0 unspecified atom stereocenters. The van der Waals surface area contributed by atoms with Gasteiger partial charge in [-0.05, 0) is 49.9 Å². The Kier molecular flexibility index (Phi) is 6.05. The smallest absolute Gasteiger partial charge is 0.255 e. The molecule has 2 aromatic heterocycles. The molecular weight excluding hydrogens is 436 g/mol. The summed E-state index contributed by atoms with van der Waals surface area (Å²) in [6.07, 6.45) is 7.93. The molecule has 6 heteroatoms. The number of aromatic nitrogens is 2. The fourth-order valence-electron chi connectivity index (χ4n) is 5.63. The summed E-state index contributed by atoms with van der Waals surface area (Å²) in [7, 11) is 0. The molecule has 0 saturated carbocycles. The number of pyridine rings is 2. The van der Waals surface area contributed by atoms with Crippen LogP contribution in [0.25, 0.3) is 21.8 Å². The lowest BCUT2D eigenvalue weighted by atomic mass is 9.97. The minimum atomic E-state index is 0.128. The minimum Gasteiger partial charge on any atom is -0.490 e. The third-order valence-corrected chi connectivity index (χ3v) is 7.50. The van der Waals surface area contributed by atoms with Crippen LogP contribution in [0, 0.1) is 0 Å². The Hall–Kier alpha value is -3.51. The molecule has 0 N–H and O–H groups in total. The van der Waals surface area contributed by atoms with E-state index in [9.17, 15) is 4.79 Å². The molecular formula is C29H30N4O2. The van der Waals surface area contributed by atoms with Crippen molar-refractivity contribution in [1.82, 2.24) is 19.8 Å². The molecule has 0 spiro atoms. The summed E-state index contributed by atoms with van der Waals surface area (Å²) < 4.78 is 6.13. The summed E-state index contributed by atoms with van der Waals surface area (Å²) in [6.45, 7) is 3.69. The minimum absolute atomic E-state index is 0.128. The van der Waals surface area contributed by atoms with Crippen molar-refractivity contribution in [2.45, 2.75) is 37.8 Å². The molecule has 2 fully saturated rings. The predicted molar refractivity (Wildman–Crippen MR) is 138 cm³/mol. The molecule has 35 heavy (non-hydrogen) atoms. The van der Waals surface area contributed by atoms with E-state index >= 15 is 0 Å². The molecule has 0 radical (unpaired) electrons. The Morgan fingerprint density at radius 3 is 2.00 bits per heavy atom. The summed E-state index contributed by atoms with van der Waals surface area (Å²) in [5, 5.41) is 1.88. The molecule has 0 atom stereocenters. The van der Waals surface area contributed by atoms with E-state index in [2.05, 4.69) is 9.88 Å². The van der Waals surface area contributed by atoms with E-state index in [0.717, 1.165) is 85.0 Å². The highest BCUT2D eigenvalue weighted by Crippen LogP contribution is 2.29. The standard InChI is InChI=1S/C29H30N4O2/c34-29(28-24-5-1-3-7-26(24)31-27-8-4-2-6-25(27)28)33-17-11-21(12-18-33)32-19-13-23(14-20-32)35-22-9-15-30-16-10-22/h1-10,15-16,21,23H,11-14,17-20H2. The molecule has 4 heterocycles. The number of ether oxygens (including phenoxy) is 1. The summed E-state index contributed by atoms with van der Waals surface area (Å²) in [6, 6.07) is 20.4. The first-order valence-electron chi connectivity index (χ1n) is 12.6. The predicted octanol–water partition coefficient (Wildman–Crippen LogP) is 4.93. The van der Waals surface area contributed by atoms with Gasteiger partial charge >= 0.3 is 0 Å². The molecule has 6 rings (SSSR count). The average Bonchev–Trinajstić information content (AvgIpc) is 2.92. The second-order valence-corrected chi connectivity index (χ2v) is 9.58. The van der Waals surface area contributed by atoms with Crippen molar-refractivity contribution in [1.29, 1.82) is 0 Å². The van der Waals surface area contributed by atoms with Crippen LogP contribution in [-0.2, 0) is 0 Å². The Morgan fingerprint density at radius 1 is 0.771 bits per heavy atom. The molecule has 178 valence electrons. The molecule has 2 aliphatic heterocycles. The van der Waals surface area contributed by atoms with Gasteiger partial charge in [-0.3, -0.25) is 14.7 Å². The number of nitrogens with zero attached hydrogens (tertiary/aromatic N) is 4. The largest absolute Gasteiger partial charge is 0.490 e. The van der Waals surface area contributed by atoms with E-state index < -0.39 is 0 Å². The van der Waals surface area contributed by atoms with Gasteiger partial charge in [0, 0.05) is 55.4 Å². The van der Waals surface area contributed by atoms with Gasteiger partial charge in [0.25, 0.3) is 5.91 Å². The number of para-hydroxylation sites is 2. The average molecular weight is 467 g/mol. The van der Waals surface area contributed by atoms with Gasteiger partial charge in [-0.1, -0.05) is 36.4 Å². The highest BCUT2D eigenvalue weighted by atomic mass is 16.5. The highest BCUT2D eigenvalue weighted by molar-refractivity contribution is 6.16. The molecule has 6 nitrogen and oxygen atoms in total. The first-order valence-corrected chi connectivity index (χ1v) is 12.6. The quantitative estimate of drug-likeness (QED) is 0.399. The summed E-state index contributed by atoms with van der Waals surface area (Å²) in [5.74, 6) is 1.03. The lowest BCUT2D eigenvalue weighted by Gasteiger charge is -2.41. The van der Waals surface area contributed by atoms with E-state index in [1.165, 1.54) is 0 Å². The van der Waals surface area contributed by atoms with E-state index in [1.807, 2.05) is 65.6 Å². The number of hydrogen-bond acceptors (Lipinski definition) is 5. The molecule has 2 aromatic carbocycles. The van der Waals surface area contributed by atoms with Gasteiger partial charge in [-0.15, -0.1) is 0 Å². The van der Waals surface area contributed by atoms with E-state index in [4.69, 9.17) is 9.72 Å². The monoisotopic (exact) mass is 466 g/mol. The number of fused-ring (bicyclic) bond motifs is 2. The number of likely N-dealkylation sites (tertiary alicyclic amines) is 2. The number of hydrogen-bond donors (Lipinski definition) is 0. The van der Waals surface area contributed by atoms with Crippen LogP contribution in [0.4, 0.5) is 0 Å². The number of amides is 1. The van der Waals surface area contributed by atoms with Crippen LogP contribution in [0.2, 0.25) is 0 Å². The Bertz CT molecular complexity index is 1270. The van der Waals surface area contributed by atoms with E-state index in [-0.39, 0.29) is 12.0 Å². The zero-order valence-electron chi connectivity index (χ0n) is 19.8. The van der Waals surface area contributed by atoms with Crippen molar-refractivity contribution in [3.05, 3.63) is 78.6 Å². The van der Waals surface area contributed by atoms with Crippen LogP contribution in [0.1, 0.15) is 36.0 Å². The van der Waals surface area contributed by atoms with E-state index in [1.54, 1.807) is 12.4 Å². The van der Waals surface area contributed by atoms with Crippen LogP contribution in [0.3, 0.4) is 0 Å². The lowest BCUT2D eigenvalue weighted by molar-refractivity contribution is 0.0427. The molecule has 4 aromatic rings. The fourth-order valence-corrected chi connectivity index (χ4v) is 5.63. The van der Waals surface area contributed by atoms with Gasteiger partial charge in [-0.25, -0.2) is 4.98 Å². The van der Waals surface area contributed by atoms with Crippen molar-refractivity contribution in [2.75, 3.05) is 26.2 Å². The van der Waals surface area contributed by atoms with Crippen LogP contribution in [0.15, 0.2) is 73.1 Å². The van der Waals surface area contributed by atoms with Crippen molar-refractivity contribution < 1.29 is 9.53 Å². The van der Waals surface area contributed by atoms with Gasteiger partial charge < -0.3 is 9.64 Å². The maximum absolute atomic E-state index is 13.8. The number of carbonyl (C=O) groups is 1. The topological polar surface area (TPSA) is 58.6 Å². The van der Waals surface area contributed by atoms with Crippen LogP contribution in [-0.4, -0.2) is 64.0 Å². The van der Waals surface area contributed by atoms with Gasteiger partial charge in [0.1, 0.15) is 11.9 Å². The first-order chi connectivity index (χ1) is 17.3. The zero-order valence-corrected chi connectivity index (χ0v) is 19.8. The van der Waals surface area contributed by atoms with Crippen LogP contribution < -0.4 is 4.74 Å². The Labute approximate surface area is 205 Å². The van der Waals surface area contributed by atoms with Gasteiger partial charge in [0.2, 0.25) is 0 Å². The fraction of sp³-hybridized carbons (Fsp3) is 0.345. The number of benzene rings is 2. The van der Waals surface area contributed by atoms with Gasteiger partial charge in [0.15, 0.2) is 0 Å². The second-order valence-electron chi connectivity index (χ2n) is 9.58. The first kappa shape index (κ1) is 22.0. The van der Waals surface area contributed by atoms with Gasteiger partial charge in [-0.2, -0.15) is 0 Å². The summed E-state index contributed by atoms with van der Waals surface area (Å²) in [5.41, 5.74) is 2.54. The number of rotatable bonds is 4. The Balaban J connectivity index is 1.11. The maximum Gasteiger partial charge on any atom is 0.255 e. The third kappa shape index (κ3) is 4.46. The zero-order chi connectivity index (χ0) is 23.6. The van der Waals surface area contributed by atoms with Crippen LogP contribution >= 0.6 is 0 Å². The SMILES string of the molecule is O=C(c1c2ccccc2nc2ccccc12)N1CCC(N2CCC(Oc3ccncc3)CC2)CC1. The van der Waals surface area contributed by atoms with E-state index in [0.29, 0.717) is 6.04 Å². The lowest BCUT2D eigenvalue weighted by Crippen LogP contribution is -2.50. The molecule has 0 aliphatic carbocycles. The third-order valence-electron chi connectivity index (χ3n) is 7.50. The Morgan fingerprint density at radius 2 is 1.37 bits per heavy atom. The summed E-state index contributed by atoms with van der Waals surface area (Å²) >= 11 is 0. The normalized spacial score (nSPS) is 18.2. The number of carbonyl (C=O) groups excluding carboxylic acids is 1. The van der Waals surface area contributed by atoms with Crippen molar-refractivity contribution in [3.63, 3.8) is 0 Å². The molecule has 2 aliphatic rings. The van der Waals surface area contributed by atoms with Crippen molar-refractivity contribution in [2.24, 2.45) is 0 Å². The highest BCUT2D eigenvalue weighted by Gasteiger charge is 2.31. The second kappa shape index (κ2) is 9.62. The summed E-state index contributed by atoms with van der Waals surface area (Å²) in [4.78, 5) is 27.3. The van der Waals surface area contributed by atoms with Crippen molar-refractivity contribution in [3.8, 4) is 5.75 Å². The maximum atomic E-state index is 13.8. The van der Waals surface area contributed by atoms with Gasteiger partial charge in [0.05, 0.1) is 16.6 Å². The molecule has 2 saturated heterocycles.